The Labute approximate surface area is 81.6 Å². The maximum Gasteiger partial charge on any atom is 0.308 e. The minimum Gasteiger partial charge on any atom is -0.396 e. The summed E-state index contributed by atoms with van der Waals surface area (Å²) in [5.41, 5.74) is 3.25. The van der Waals surface area contributed by atoms with Crippen molar-refractivity contribution in [2.75, 3.05) is 5.73 Å². The van der Waals surface area contributed by atoms with E-state index in [9.17, 15) is 18.9 Å². The van der Waals surface area contributed by atoms with Crippen LogP contribution in [0.3, 0.4) is 0 Å². The Morgan fingerprint density at radius 2 is 2.21 bits per heavy atom. The molecule has 0 aliphatic carbocycles. The average molecular weight is 224 g/mol. The van der Waals surface area contributed by atoms with E-state index in [-0.39, 0.29) is 0 Å². The van der Waals surface area contributed by atoms with Gasteiger partial charge in [-0.25, -0.2) is 13.8 Å². The first-order chi connectivity index (χ1) is 6.45. The predicted octanol–water partition coefficient (Wildman–Crippen LogP) is 2.16. The van der Waals surface area contributed by atoms with Gasteiger partial charge in [-0.1, -0.05) is 11.6 Å². The fourth-order valence-electron chi connectivity index (χ4n) is 0.808. The second-order valence-corrected chi connectivity index (χ2v) is 2.69. The molecule has 1 rings (SSSR count). The van der Waals surface area contributed by atoms with E-state index in [0.29, 0.717) is 6.20 Å². The molecular weight excluding hydrogens is 220 g/mol. The van der Waals surface area contributed by atoms with Crippen LogP contribution >= 0.6 is 11.6 Å². The maximum atomic E-state index is 12.2. The molecule has 14 heavy (non-hydrogen) atoms. The summed E-state index contributed by atoms with van der Waals surface area (Å²) in [6, 6.07) is 0. The van der Waals surface area contributed by atoms with E-state index in [2.05, 4.69) is 4.98 Å². The van der Waals surface area contributed by atoms with E-state index in [0.717, 1.165) is 0 Å². The highest BCUT2D eigenvalue weighted by molar-refractivity contribution is 6.35. The summed E-state index contributed by atoms with van der Waals surface area (Å²) in [4.78, 5) is 12.6. The molecule has 5 nitrogen and oxygen atoms in total. The molecule has 0 spiro atoms. The van der Waals surface area contributed by atoms with Crippen LogP contribution in [0.25, 0.3) is 0 Å². The van der Waals surface area contributed by atoms with Gasteiger partial charge in [0.05, 0.1) is 10.6 Å². The Bertz CT molecular complexity index is 386. The van der Waals surface area contributed by atoms with E-state index >= 15 is 0 Å². The first-order valence-electron chi connectivity index (χ1n) is 3.31. The molecule has 0 aliphatic rings. The lowest BCUT2D eigenvalue weighted by Crippen LogP contribution is -2.02. The lowest BCUT2D eigenvalue weighted by Gasteiger charge is -2.04. The van der Waals surface area contributed by atoms with Crippen LogP contribution in [0, 0.1) is 10.1 Å². The summed E-state index contributed by atoms with van der Waals surface area (Å²) < 4.78 is 24.3. The van der Waals surface area contributed by atoms with Crippen LogP contribution in [0.2, 0.25) is 5.02 Å². The van der Waals surface area contributed by atoms with E-state index in [1.807, 2.05) is 0 Å². The number of nitrogen functional groups attached to an aromatic ring is 1. The Morgan fingerprint density at radius 3 is 2.64 bits per heavy atom. The van der Waals surface area contributed by atoms with Crippen LogP contribution in [0.5, 0.6) is 0 Å². The fraction of sp³-hybridized carbons (Fsp3) is 0.167. The van der Waals surface area contributed by atoms with Gasteiger partial charge in [0, 0.05) is 0 Å². The molecule has 0 aromatic carbocycles. The number of pyridine rings is 1. The zero-order chi connectivity index (χ0) is 10.9. The Hall–Kier alpha value is -1.50. The van der Waals surface area contributed by atoms with Crippen molar-refractivity contribution in [2.24, 2.45) is 0 Å². The molecule has 0 radical (unpaired) electrons. The predicted molar refractivity (Wildman–Crippen MR) is 45.3 cm³/mol. The van der Waals surface area contributed by atoms with Crippen molar-refractivity contribution in [3.05, 3.63) is 27.0 Å². The van der Waals surface area contributed by atoms with Gasteiger partial charge in [0.15, 0.2) is 0 Å². The molecule has 0 saturated heterocycles. The quantitative estimate of drug-likeness (QED) is 0.615. The molecular formula is C6H4ClF2N3O2. The Kier molecular flexibility index (Phi) is 2.80. The average Bonchev–Trinajstić information content (AvgIpc) is 2.08. The summed E-state index contributed by atoms with van der Waals surface area (Å²) in [6.45, 7) is 0. The van der Waals surface area contributed by atoms with Crippen LogP contribution in [-0.2, 0) is 0 Å². The minimum absolute atomic E-state index is 0.514. The molecule has 76 valence electrons. The highest BCUT2D eigenvalue weighted by atomic mass is 35.5. The van der Waals surface area contributed by atoms with Crippen molar-refractivity contribution < 1.29 is 13.7 Å². The van der Waals surface area contributed by atoms with Crippen LogP contribution in [0.4, 0.5) is 20.2 Å². The number of halogens is 3. The summed E-state index contributed by atoms with van der Waals surface area (Å²) in [5, 5.41) is 9.78. The van der Waals surface area contributed by atoms with Crippen LogP contribution < -0.4 is 5.73 Å². The van der Waals surface area contributed by atoms with E-state index < -0.39 is 33.4 Å². The molecule has 0 fully saturated rings. The van der Waals surface area contributed by atoms with Gasteiger partial charge < -0.3 is 5.73 Å². The molecule has 0 unspecified atom stereocenters. The lowest BCUT2D eigenvalue weighted by atomic mass is 10.3. The van der Waals surface area contributed by atoms with Crippen molar-refractivity contribution in [3.63, 3.8) is 0 Å². The van der Waals surface area contributed by atoms with Gasteiger partial charge in [-0.05, 0) is 0 Å². The number of nitro groups is 1. The SMILES string of the molecule is Nc1c(C(F)F)ncc([N+](=O)[O-])c1Cl. The largest absolute Gasteiger partial charge is 0.396 e. The van der Waals surface area contributed by atoms with E-state index in [1.54, 1.807) is 0 Å². The number of nitrogens with two attached hydrogens (primary N) is 1. The van der Waals surface area contributed by atoms with Gasteiger partial charge in [-0.3, -0.25) is 10.1 Å². The highest BCUT2D eigenvalue weighted by Crippen LogP contribution is 2.34. The summed E-state index contributed by atoms with van der Waals surface area (Å²) in [7, 11) is 0. The molecule has 1 aromatic heterocycles. The van der Waals surface area contributed by atoms with Gasteiger partial charge >= 0.3 is 5.69 Å². The molecule has 0 bridgehead atoms. The van der Waals surface area contributed by atoms with Gasteiger partial charge in [0.1, 0.15) is 16.9 Å². The Morgan fingerprint density at radius 1 is 1.64 bits per heavy atom. The zero-order valence-electron chi connectivity index (χ0n) is 6.58. The summed E-state index contributed by atoms with van der Waals surface area (Å²) in [5.74, 6) is 0. The topological polar surface area (TPSA) is 82.0 Å². The molecule has 1 aromatic rings. The van der Waals surface area contributed by atoms with Crippen molar-refractivity contribution in [1.82, 2.24) is 4.98 Å². The second-order valence-electron chi connectivity index (χ2n) is 2.31. The normalized spacial score (nSPS) is 10.6. The molecule has 0 saturated carbocycles. The van der Waals surface area contributed by atoms with E-state index in [1.165, 1.54) is 0 Å². The van der Waals surface area contributed by atoms with Crippen molar-refractivity contribution >= 4 is 23.0 Å². The number of anilines is 1. The molecule has 0 atom stereocenters. The van der Waals surface area contributed by atoms with Gasteiger partial charge in [-0.2, -0.15) is 0 Å². The number of rotatable bonds is 2. The van der Waals surface area contributed by atoms with Crippen LogP contribution in [-0.4, -0.2) is 9.91 Å². The molecule has 2 N–H and O–H groups in total. The summed E-state index contributed by atoms with van der Waals surface area (Å²) in [6.07, 6.45) is -2.26. The van der Waals surface area contributed by atoms with Crippen molar-refractivity contribution in [3.8, 4) is 0 Å². The standard InChI is InChI=1S/C6H4ClF2N3O2/c7-3-2(12(13)14)1-11-5(4(3)10)6(8)9/h1,6H,10H2. The first-order valence-corrected chi connectivity index (χ1v) is 3.69. The number of hydrogen-bond acceptors (Lipinski definition) is 4. The third-order valence-corrected chi connectivity index (χ3v) is 1.86. The lowest BCUT2D eigenvalue weighted by molar-refractivity contribution is -0.385. The zero-order valence-corrected chi connectivity index (χ0v) is 7.33. The van der Waals surface area contributed by atoms with Gasteiger partial charge in [-0.15, -0.1) is 0 Å². The van der Waals surface area contributed by atoms with E-state index in [4.69, 9.17) is 17.3 Å². The Balaban J connectivity index is 3.33. The number of nitrogens with zero attached hydrogens (tertiary/aromatic N) is 2. The minimum atomic E-state index is -2.91. The molecule has 0 aliphatic heterocycles. The smallest absolute Gasteiger partial charge is 0.308 e. The molecule has 1 heterocycles. The van der Waals surface area contributed by atoms with Crippen LogP contribution in [0.15, 0.2) is 6.20 Å². The van der Waals surface area contributed by atoms with Gasteiger partial charge in [0.2, 0.25) is 0 Å². The van der Waals surface area contributed by atoms with Gasteiger partial charge in [0.25, 0.3) is 6.43 Å². The number of hydrogen-bond donors (Lipinski definition) is 1. The molecule has 8 heteroatoms. The third-order valence-electron chi connectivity index (χ3n) is 1.47. The summed E-state index contributed by atoms with van der Waals surface area (Å²) >= 11 is 5.40. The maximum absolute atomic E-state index is 12.2. The van der Waals surface area contributed by atoms with Crippen LogP contribution in [0.1, 0.15) is 12.1 Å². The third kappa shape index (κ3) is 1.72. The van der Waals surface area contributed by atoms with Crippen molar-refractivity contribution in [2.45, 2.75) is 6.43 Å². The monoisotopic (exact) mass is 223 g/mol. The fourth-order valence-corrected chi connectivity index (χ4v) is 1.02. The number of alkyl halides is 2. The number of aromatic nitrogens is 1. The molecule has 0 amide bonds. The first kappa shape index (κ1) is 10.6. The second kappa shape index (κ2) is 3.70. The van der Waals surface area contributed by atoms with Crippen molar-refractivity contribution in [1.29, 1.82) is 0 Å². The highest BCUT2D eigenvalue weighted by Gasteiger charge is 2.22.